The van der Waals surface area contributed by atoms with Crippen molar-refractivity contribution in [3.63, 3.8) is 0 Å². The van der Waals surface area contributed by atoms with Gasteiger partial charge in [-0.05, 0) is 44.6 Å². The van der Waals surface area contributed by atoms with Gasteiger partial charge in [-0.2, -0.15) is 5.10 Å². The van der Waals surface area contributed by atoms with Crippen LogP contribution in [0.4, 0.5) is 0 Å². The molecule has 4 heteroatoms. The van der Waals surface area contributed by atoms with Crippen molar-refractivity contribution >= 4 is 0 Å². The van der Waals surface area contributed by atoms with E-state index >= 15 is 0 Å². The molecule has 4 unspecified atom stereocenters. The van der Waals surface area contributed by atoms with Gasteiger partial charge in [-0.15, -0.1) is 0 Å². The number of aromatic nitrogens is 2. The molecule has 4 atom stereocenters. The zero-order valence-corrected chi connectivity index (χ0v) is 12.8. The van der Waals surface area contributed by atoms with Crippen LogP contribution in [0.25, 0.3) is 0 Å². The van der Waals surface area contributed by atoms with Gasteiger partial charge in [0.2, 0.25) is 0 Å². The minimum absolute atomic E-state index is 0.207. The first-order valence-corrected chi connectivity index (χ1v) is 8.20. The highest BCUT2D eigenvalue weighted by molar-refractivity contribution is 5.15. The van der Waals surface area contributed by atoms with E-state index in [0.717, 1.165) is 18.4 Å². The summed E-state index contributed by atoms with van der Waals surface area (Å²) in [5, 5.41) is 4.37. The van der Waals surface area contributed by atoms with E-state index in [1.807, 2.05) is 17.9 Å². The van der Waals surface area contributed by atoms with Crippen LogP contribution in [0, 0.1) is 5.92 Å². The van der Waals surface area contributed by atoms with Crippen LogP contribution in [0.3, 0.4) is 0 Å². The van der Waals surface area contributed by atoms with Gasteiger partial charge >= 0.3 is 0 Å². The summed E-state index contributed by atoms with van der Waals surface area (Å²) in [6.07, 6.45) is 12.1. The van der Waals surface area contributed by atoms with Crippen molar-refractivity contribution in [1.82, 2.24) is 14.7 Å². The number of aryl methyl sites for hydroxylation is 1. The maximum atomic E-state index is 6.49. The average molecular weight is 276 g/mol. The number of likely N-dealkylation sites (tertiary alicyclic amines) is 1. The van der Waals surface area contributed by atoms with Crippen LogP contribution in [0.5, 0.6) is 0 Å². The fraction of sp³-hybridized carbons (Fsp3) is 0.812. The number of nitrogens with two attached hydrogens (primary N) is 1. The lowest BCUT2D eigenvalue weighted by Gasteiger charge is -2.44. The SMILES string of the molecule is CCC(N)C(c1cnn(C)c1)N1CCCC2CCCC21. The molecule has 2 heterocycles. The lowest BCUT2D eigenvalue weighted by atomic mass is 9.87. The van der Waals surface area contributed by atoms with E-state index < -0.39 is 0 Å². The van der Waals surface area contributed by atoms with Gasteiger partial charge in [0, 0.05) is 30.9 Å². The fourth-order valence-corrected chi connectivity index (χ4v) is 4.34. The van der Waals surface area contributed by atoms with Crippen LogP contribution in [0.15, 0.2) is 12.4 Å². The van der Waals surface area contributed by atoms with Gasteiger partial charge in [-0.25, -0.2) is 0 Å². The number of rotatable bonds is 4. The quantitative estimate of drug-likeness (QED) is 0.919. The Bertz CT molecular complexity index is 441. The second kappa shape index (κ2) is 5.86. The molecule has 0 radical (unpaired) electrons. The van der Waals surface area contributed by atoms with E-state index in [0.29, 0.717) is 6.04 Å². The van der Waals surface area contributed by atoms with Gasteiger partial charge in [-0.1, -0.05) is 13.3 Å². The van der Waals surface area contributed by atoms with Crippen LogP contribution in [-0.4, -0.2) is 33.3 Å². The maximum Gasteiger partial charge on any atom is 0.0538 e. The predicted octanol–water partition coefficient (Wildman–Crippen LogP) is 2.46. The highest BCUT2D eigenvalue weighted by Crippen LogP contribution is 2.41. The molecule has 1 saturated heterocycles. The monoisotopic (exact) mass is 276 g/mol. The minimum atomic E-state index is 0.207. The molecule has 1 aliphatic heterocycles. The van der Waals surface area contributed by atoms with Crippen molar-refractivity contribution < 1.29 is 0 Å². The van der Waals surface area contributed by atoms with Crippen molar-refractivity contribution in [2.45, 2.75) is 63.6 Å². The molecule has 1 aliphatic carbocycles. The third kappa shape index (κ3) is 2.51. The topological polar surface area (TPSA) is 47.1 Å². The molecular weight excluding hydrogens is 248 g/mol. The normalized spacial score (nSPS) is 30.1. The highest BCUT2D eigenvalue weighted by Gasteiger charge is 2.40. The van der Waals surface area contributed by atoms with Crippen LogP contribution in [0.2, 0.25) is 0 Å². The largest absolute Gasteiger partial charge is 0.326 e. The van der Waals surface area contributed by atoms with Gasteiger partial charge in [0.05, 0.1) is 12.2 Å². The Balaban J connectivity index is 1.88. The van der Waals surface area contributed by atoms with E-state index in [-0.39, 0.29) is 6.04 Å². The van der Waals surface area contributed by atoms with Crippen LogP contribution >= 0.6 is 0 Å². The summed E-state index contributed by atoms with van der Waals surface area (Å²) < 4.78 is 1.90. The number of hydrogen-bond acceptors (Lipinski definition) is 3. The molecule has 1 aromatic heterocycles. The highest BCUT2D eigenvalue weighted by atomic mass is 15.3. The van der Waals surface area contributed by atoms with E-state index in [1.54, 1.807) is 0 Å². The molecule has 0 bridgehead atoms. The third-order valence-corrected chi connectivity index (χ3v) is 5.34. The van der Waals surface area contributed by atoms with E-state index in [1.165, 1.54) is 44.2 Å². The van der Waals surface area contributed by atoms with Crippen molar-refractivity contribution in [2.24, 2.45) is 18.7 Å². The summed E-state index contributed by atoms with van der Waals surface area (Å²) in [5.41, 5.74) is 7.79. The molecule has 112 valence electrons. The van der Waals surface area contributed by atoms with Gasteiger partial charge < -0.3 is 5.73 Å². The van der Waals surface area contributed by atoms with Gasteiger partial charge in [0.25, 0.3) is 0 Å². The van der Waals surface area contributed by atoms with Crippen LogP contribution < -0.4 is 5.73 Å². The number of fused-ring (bicyclic) bond motifs is 1. The van der Waals surface area contributed by atoms with E-state index in [4.69, 9.17) is 5.73 Å². The summed E-state index contributed by atoms with van der Waals surface area (Å²) >= 11 is 0. The first-order valence-electron chi connectivity index (χ1n) is 8.20. The number of nitrogens with zero attached hydrogens (tertiary/aromatic N) is 3. The minimum Gasteiger partial charge on any atom is -0.326 e. The molecule has 1 aromatic rings. The van der Waals surface area contributed by atoms with Gasteiger partial charge in [-0.3, -0.25) is 9.58 Å². The zero-order valence-electron chi connectivity index (χ0n) is 12.8. The zero-order chi connectivity index (χ0) is 14.1. The Morgan fingerprint density at radius 3 is 2.85 bits per heavy atom. The molecule has 2 N–H and O–H groups in total. The van der Waals surface area contributed by atoms with Crippen molar-refractivity contribution in [1.29, 1.82) is 0 Å². The number of piperidine rings is 1. The molecule has 3 rings (SSSR count). The van der Waals surface area contributed by atoms with Gasteiger partial charge in [0.1, 0.15) is 0 Å². The molecule has 1 saturated carbocycles. The standard InChI is InChI=1S/C16H28N4/c1-3-14(17)16(13-10-18-19(2)11-13)20-9-5-7-12-6-4-8-15(12)20/h10-12,14-16H,3-9,17H2,1-2H3. The smallest absolute Gasteiger partial charge is 0.0538 e. The molecule has 0 amide bonds. The summed E-state index contributed by atoms with van der Waals surface area (Å²) in [6, 6.07) is 1.31. The first kappa shape index (κ1) is 14.1. The molecular formula is C16H28N4. The predicted molar refractivity (Wildman–Crippen MR) is 81.3 cm³/mol. The van der Waals surface area contributed by atoms with Crippen molar-refractivity contribution in [3.8, 4) is 0 Å². The second-order valence-electron chi connectivity index (χ2n) is 6.60. The molecule has 2 fully saturated rings. The molecule has 0 aromatic carbocycles. The molecule has 20 heavy (non-hydrogen) atoms. The summed E-state index contributed by atoms with van der Waals surface area (Å²) in [7, 11) is 1.99. The Labute approximate surface area is 122 Å². The Morgan fingerprint density at radius 1 is 1.35 bits per heavy atom. The Morgan fingerprint density at radius 2 is 2.15 bits per heavy atom. The van der Waals surface area contributed by atoms with Crippen molar-refractivity contribution in [3.05, 3.63) is 18.0 Å². The summed E-state index contributed by atoms with van der Waals surface area (Å²) in [6.45, 7) is 3.40. The first-order chi connectivity index (χ1) is 9.70. The number of hydrogen-bond donors (Lipinski definition) is 1. The summed E-state index contributed by atoms with van der Waals surface area (Å²) in [4.78, 5) is 2.71. The Hall–Kier alpha value is -0.870. The third-order valence-electron chi connectivity index (χ3n) is 5.34. The van der Waals surface area contributed by atoms with Crippen LogP contribution in [0.1, 0.15) is 57.1 Å². The Kier molecular flexibility index (Phi) is 4.13. The maximum absolute atomic E-state index is 6.49. The average Bonchev–Trinajstić information content (AvgIpc) is 3.08. The summed E-state index contributed by atoms with van der Waals surface area (Å²) in [5.74, 6) is 0.909. The molecule has 0 spiro atoms. The van der Waals surface area contributed by atoms with Crippen LogP contribution in [-0.2, 0) is 7.05 Å². The molecule has 2 aliphatic rings. The van der Waals surface area contributed by atoms with Crippen molar-refractivity contribution in [2.75, 3.05) is 6.54 Å². The van der Waals surface area contributed by atoms with Gasteiger partial charge in [0.15, 0.2) is 0 Å². The second-order valence-corrected chi connectivity index (χ2v) is 6.60. The molecule has 4 nitrogen and oxygen atoms in total. The van der Waals surface area contributed by atoms with E-state index in [2.05, 4.69) is 23.1 Å². The lowest BCUT2D eigenvalue weighted by molar-refractivity contribution is 0.0537. The fourth-order valence-electron chi connectivity index (χ4n) is 4.34. The van der Waals surface area contributed by atoms with E-state index in [9.17, 15) is 0 Å². The lowest BCUT2D eigenvalue weighted by Crippen LogP contribution is -2.50.